The molecule has 3 aromatic carbocycles. The SMILES string of the molecule is COc1ccc2oc(-c3ccc(NC(=O)COc4ccccc4)cc3)cc(=O)c2c1. The van der Waals surface area contributed by atoms with Crippen LogP contribution in [0.15, 0.2) is 88.1 Å². The standard InChI is InChI=1S/C24H19NO5/c1-28-19-11-12-22-20(13-19)21(26)14-23(30-22)16-7-9-17(10-8-16)25-24(27)15-29-18-5-3-2-4-6-18/h2-14H,15H2,1H3,(H,25,27). The van der Waals surface area contributed by atoms with Crippen molar-refractivity contribution in [3.8, 4) is 22.8 Å². The first-order chi connectivity index (χ1) is 14.6. The van der Waals surface area contributed by atoms with E-state index in [2.05, 4.69) is 5.32 Å². The van der Waals surface area contributed by atoms with Gasteiger partial charge >= 0.3 is 0 Å². The molecule has 0 saturated heterocycles. The van der Waals surface area contributed by atoms with Crippen LogP contribution in [-0.4, -0.2) is 19.6 Å². The van der Waals surface area contributed by atoms with Crippen LogP contribution in [0, 0.1) is 0 Å². The van der Waals surface area contributed by atoms with Crippen molar-refractivity contribution in [2.24, 2.45) is 0 Å². The third-order valence-electron chi connectivity index (χ3n) is 4.50. The summed E-state index contributed by atoms with van der Waals surface area (Å²) in [6.07, 6.45) is 0. The maximum absolute atomic E-state index is 12.5. The number of carbonyl (C=O) groups excluding carboxylic acids is 1. The van der Waals surface area contributed by atoms with Gasteiger partial charge in [-0.1, -0.05) is 18.2 Å². The molecule has 6 heteroatoms. The van der Waals surface area contributed by atoms with Crippen molar-refractivity contribution in [1.29, 1.82) is 0 Å². The Morgan fingerprint density at radius 1 is 0.933 bits per heavy atom. The number of amides is 1. The van der Waals surface area contributed by atoms with E-state index in [0.717, 1.165) is 5.56 Å². The molecule has 0 spiro atoms. The second-order valence-electron chi connectivity index (χ2n) is 6.56. The van der Waals surface area contributed by atoms with Gasteiger partial charge in [0.15, 0.2) is 12.0 Å². The molecule has 4 aromatic rings. The molecule has 0 atom stereocenters. The molecule has 0 unspecified atom stereocenters. The normalized spacial score (nSPS) is 10.6. The molecule has 0 saturated carbocycles. The van der Waals surface area contributed by atoms with Crippen molar-refractivity contribution in [3.05, 3.63) is 89.1 Å². The molecule has 6 nitrogen and oxygen atoms in total. The van der Waals surface area contributed by atoms with Crippen molar-refractivity contribution in [3.63, 3.8) is 0 Å². The number of fused-ring (bicyclic) bond motifs is 1. The van der Waals surface area contributed by atoms with Crippen LogP contribution in [0.25, 0.3) is 22.3 Å². The molecule has 1 amide bonds. The van der Waals surface area contributed by atoms with Crippen LogP contribution < -0.4 is 20.2 Å². The van der Waals surface area contributed by atoms with E-state index in [1.54, 1.807) is 61.7 Å². The number of ether oxygens (including phenoxy) is 2. The van der Waals surface area contributed by atoms with E-state index in [1.165, 1.54) is 6.07 Å². The molecule has 1 aromatic heterocycles. The fraction of sp³-hybridized carbons (Fsp3) is 0.0833. The second kappa shape index (κ2) is 8.53. The minimum Gasteiger partial charge on any atom is -0.497 e. The lowest BCUT2D eigenvalue weighted by molar-refractivity contribution is -0.118. The minimum absolute atomic E-state index is 0.0885. The number of para-hydroxylation sites is 1. The number of anilines is 1. The van der Waals surface area contributed by atoms with Gasteiger partial charge in [0.05, 0.1) is 12.5 Å². The zero-order chi connectivity index (χ0) is 20.9. The highest BCUT2D eigenvalue weighted by atomic mass is 16.5. The Balaban J connectivity index is 1.46. The van der Waals surface area contributed by atoms with E-state index >= 15 is 0 Å². The van der Waals surface area contributed by atoms with Crippen LogP contribution in [0.3, 0.4) is 0 Å². The molecular formula is C24H19NO5. The van der Waals surface area contributed by atoms with E-state index in [1.807, 2.05) is 18.2 Å². The Kier molecular flexibility index (Phi) is 5.48. The number of rotatable bonds is 6. The van der Waals surface area contributed by atoms with Crippen molar-refractivity contribution in [2.75, 3.05) is 19.0 Å². The lowest BCUT2D eigenvalue weighted by atomic mass is 10.1. The number of benzene rings is 3. The summed E-state index contributed by atoms with van der Waals surface area (Å²) < 4.78 is 16.5. The Morgan fingerprint density at radius 2 is 1.70 bits per heavy atom. The first-order valence-corrected chi connectivity index (χ1v) is 9.32. The highest BCUT2D eigenvalue weighted by Crippen LogP contribution is 2.25. The minimum atomic E-state index is -0.266. The van der Waals surface area contributed by atoms with Crippen LogP contribution in [-0.2, 0) is 4.79 Å². The lowest BCUT2D eigenvalue weighted by Gasteiger charge is -2.08. The summed E-state index contributed by atoms with van der Waals surface area (Å²) in [5.41, 5.74) is 1.67. The maximum atomic E-state index is 12.5. The largest absolute Gasteiger partial charge is 0.497 e. The van der Waals surface area contributed by atoms with E-state index in [9.17, 15) is 9.59 Å². The van der Waals surface area contributed by atoms with Crippen molar-refractivity contribution in [2.45, 2.75) is 0 Å². The summed E-state index contributed by atoms with van der Waals surface area (Å²) in [7, 11) is 1.55. The Morgan fingerprint density at radius 3 is 2.43 bits per heavy atom. The molecule has 0 bridgehead atoms. The fourth-order valence-corrected chi connectivity index (χ4v) is 2.99. The van der Waals surface area contributed by atoms with Crippen LogP contribution in [0.1, 0.15) is 0 Å². The average molecular weight is 401 g/mol. The molecule has 0 fully saturated rings. The van der Waals surface area contributed by atoms with Gasteiger partial charge in [0.2, 0.25) is 0 Å². The van der Waals surface area contributed by atoms with E-state index in [4.69, 9.17) is 13.9 Å². The van der Waals surface area contributed by atoms with Crippen LogP contribution in [0.4, 0.5) is 5.69 Å². The summed E-state index contributed by atoms with van der Waals surface area (Å²) in [6.45, 7) is -0.0885. The smallest absolute Gasteiger partial charge is 0.262 e. The van der Waals surface area contributed by atoms with Gasteiger partial charge in [0.25, 0.3) is 5.91 Å². The summed E-state index contributed by atoms with van der Waals surface area (Å²) in [5.74, 6) is 1.41. The summed E-state index contributed by atoms with van der Waals surface area (Å²) >= 11 is 0. The number of nitrogens with one attached hydrogen (secondary N) is 1. The molecule has 0 aliphatic heterocycles. The monoisotopic (exact) mass is 401 g/mol. The third-order valence-corrected chi connectivity index (χ3v) is 4.50. The predicted octanol–water partition coefficient (Wildman–Crippen LogP) is 4.49. The van der Waals surface area contributed by atoms with Gasteiger partial charge in [0, 0.05) is 17.3 Å². The van der Waals surface area contributed by atoms with Gasteiger partial charge in [-0.15, -0.1) is 0 Å². The quantitative estimate of drug-likeness (QED) is 0.515. The highest BCUT2D eigenvalue weighted by molar-refractivity contribution is 5.92. The van der Waals surface area contributed by atoms with Crippen LogP contribution in [0.2, 0.25) is 0 Å². The Labute approximate surface area is 172 Å². The average Bonchev–Trinajstić information content (AvgIpc) is 2.78. The fourth-order valence-electron chi connectivity index (χ4n) is 2.99. The van der Waals surface area contributed by atoms with Gasteiger partial charge in [0.1, 0.15) is 22.8 Å². The number of carbonyl (C=O) groups is 1. The molecule has 4 rings (SSSR count). The Bertz CT molecular complexity index is 1230. The van der Waals surface area contributed by atoms with Gasteiger partial charge in [-0.25, -0.2) is 0 Å². The molecule has 150 valence electrons. The summed E-state index contributed by atoms with van der Waals surface area (Å²) in [6, 6.07) is 22.7. The molecule has 0 aliphatic carbocycles. The van der Waals surface area contributed by atoms with Gasteiger partial charge < -0.3 is 19.2 Å². The van der Waals surface area contributed by atoms with Gasteiger partial charge in [-0.2, -0.15) is 0 Å². The number of hydrogen-bond acceptors (Lipinski definition) is 5. The maximum Gasteiger partial charge on any atom is 0.262 e. The van der Waals surface area contributed by atoms with Gasteiger partial charge in [-0.05, 0) is 54.6 Å². The van der Waals surface area contributed by atoms with Crippen molar-refractivity contribution < 1.29 is 18.7 Å². The lowest BCUT2D eigenvalue weighted by Crippen LogP contribution is -2.20. The summed E-state index contributed by atoms with van der Waals surface area (Å²) in [4.78, 5) is 24.5. The second-order valence-corrected chi connectivity index (χ2v) is 6.56. The molecule has 0 aliphatic rings. The van der Waals surface area contributed by atoms with Gasteiger partial charge in [-0.3, -0.25) is 9.59 Å². The predicted molar refractivity (Wildman–Crippen MR) is 115 cm³/mol. The third kappa shape index (κ3) is 4.33. The van der Waals surface area contributed by atoms with Crippen LogP contribution >= 0.6 is 0 Å². The molecule has 1 N–H and O–H groups in total. The van der Waals surface area contributed by atoms with Crippen molar-refractivity contribution >= 4 is 22.6 Å². The molecule has 0 radical (unpaired) electrons. The number of methoxy groups -OCH3 is 1. The highest BCUT2D eigenvalue weighted by Gasteiger charge is 2.09. The first kappa shape index (κ1) is 19.3. The van der Waals surface area contributed by atoms with E-state index < -0.39 is 0 Å². The van der Waals surface area contributed by atoms with E-state index in [-0.39, 0.29) is 17.9 Å². The zero-order valence-corrected chi connectivity index (χ0v) is 16.3. The number of hydrogen-bond donors (Lipinski definition) is 1. The van der Waals surface area contributed by atoms with E-state index in [0.29, 0.717) is 33.9 Å². The molecular weight excluding hydrogens is 382 g/mol. The first-order valence-electron chi connectivity index (χ1n) is 9.32. The van der Waals surface area contributed by atoms with Crippen molar-refractivity contribution in [1.82, 2.24) is 0 Å². The topological polar surface area (TPSA) is 77.8 Å². The zero-order valence-electron chi connectivity index (χ0n) is 16.3. The Hall–Kier alpha value is -4.06. The molecule has 1 heterocycles. The van der Waals surface area contributed by atoms with Crippen LogP contribution in [0.5, 0.6) is 11.5 Å². The molecule has 30 heavy (non-hydrogen) atoms. The summed E-state index contributed by atoms with van der Waals surface area (Å²) in [5, 5.41) is 3.23.